The predicted molar refractivity (Wildman–Crippen MR) is 75.0 cm³/mol. The summed E-state index contributed by atoms with van der Waals surface area (Å²) in [5.74, 6) is 1.17. The fraction of sp³-hybridized carbons (Fsp3) is 0.615. The van der Waals surface area contributed by atoms with Crippen molar-refractivity contribution in [2.45, 2.75) is 19.9 Å². The smallest absolute Gasteiger partial charge is 0.317 e. The largest absolute Gasteiger partial charge is 0.467 e. The van der Waals surface area contributed by atoms with E-state index in [0.29, 0.717) is 26.1 Å². The second-order valence-electron chi connectivity index (χ2n) is 5.05. The maximum atomic E-state index is 12.0. The van der Waals surface area contributed by atoms with E-state index in [2.05, 4.69) is 5.32 Å². The summed E-state index contributed by atoms with van der Waals surface area (Å²) in [7, 11) is -2.89. The predicted octanol–water partition coefficient (Wildman–Crippen LogP) is 1.25. The number of rotatable bonds is 5. The van der Waals surface area contributed by atoms with Gasteiger partial charge in [-0.05, 0) is 31.4 Å². The number of urea groups is 1. The first kappa shape index (κ1) is 14.9. The summed E-state index contributed by atoms with van der Waals surface area (Å²) in [5, 5.41) is 2.81. The maximum absolute atomic E-state index is 12.0. The molecule has 1 saturated heterocycles. The van der Waals surface area contributed by atoms with Crippen LogP contribution in [0.3, 0.4) is 0 Å². The zero-order valence-corrected chi connectivity index (χ0v) is 12.4. The Morgan fingerprint density at radius 2 is 2.35 bits per heavy atom. The first-order chi connectivity index (χ1) is 9.50. The molecule has 0 unspecified atom stereocenters. The molecule has 1 N–H and O–H groups in total. The van der Waals surface area contributed by atoms with Crippen LogP contribution in [0.4, 0.5) is 4.79 Å². The molecule has 7 heteroatoms. The Hall–Kier alpha value is -1.50. The number of carbonyl (C=O) groups is 1. The Balaban J connectivity index is 1.81. The van der Waals surface area contributed by atoms with Crippen molar-refractivity contribution in [3.8, 4) is 0 Å². The number of hydrogen-bond acceptors (Lipinski definition) is 4. The molecule has 2 heterocycles. The normalized spacial score (nSPS) is 20.8. The maximum Gasteiger partial charge on any atom is 0.317 e. The number of carbonyl (C=O) groups excluding carboxylic acids is 1. The molecule has 1 aromatic rings. The van der Waals surface area contributed by atoms with Crippen LogP contribution in [0.5, 0.6) is 0 Å². The highest BCUT2D eigenvalue weighted by Crippen LogP contribution is 2.17. The summed E-state index contributed by atoms with van der Waals surface area (Å²) >= 11 is 0. The molecule has 0 radical (unpaired) electrons. The number of hydrogen-bond donors (Lipinski definition) is 1. The quantitative estimate of drug-likeness (QED) is 0.887. The zero-order chi connectivity index (χ0) is 14.6. The second-order valence-corrected chi connectivity index (χ2v) is 7.28. The molecule has 2 rings (SSSR count). The molecule has 0 bridgehead atoms. The van der Waals surface area contributed by atoms with Crippen molar-refractivity contribution in [3.05, 3.63) is 24.2 Å². The first-order valence-corrected chi connectivity index (χ1v) is 8.58. The average molecular weight is 300 g/mol. The highest BCUT2D eigenvalue weighted by Gasteiger charge is 2.28. The minimum Gasteiger partial charge on any atom is -0.467 e. The van der Waals surface area contributed by atoms with E-state index in [9.17, 15) is 13.2 Å². The van der Waals surface area contributed by atoms with Gasteiger partial charge in [0.2, 0.25) is 0 Å². The van der Waals surface area contributed by atoms with Crippen LogP contribution in [0.1, 0.15) is 19.1 Å². The molecular formula is C13H20N2O4S. The molecule has 1 aliphatic heterocycles. The van der Waals surface area contributed by atoms with Gasteiger partial charge in [0, 0.05) is 13.1 Å². The van der Waals surface area contributed by atoms with Crippen molar-refractivity contribution in [3.63, 3.8) is 0 Å². The lowest BCUT2D eigenvalue weighted by Crippen LogP contribution is -2.41. The standard InChI is InChI=1S/C13H20N2O4S/c1-2-15(9-12-4-3-6-19-12)13(16)14-8-11-5-7-20(17,18)10-11/h3-4,6,11H,2,5,7-10H2,1H3,(H,14,16)/t11-/m0/s1. The van der Waals surface area contributed by atoms with Gasteiger partial charge >= 0.3 is 6.03 Å². The van der Waals surface area contributed by atoms with Gasteiger partial charge in [-0.1, -0.05) is 0 Å². The van der Waals surface area contributed by atoms with Crippen LogP contribution < -0.4 is 5.32 Å². The van der Waals surface area contributed by atoms with Crippen molar-refractivity contribution < 1.29 is 17.6 Å². The van der Waals surface area contributed by atoms with E-state index in [-0.39, 0.29) is 23.5 Å². The topological polar surface area (TPSA) is 79.6 Å². The number of nitrogens with zero attached hydrogens (tertiary/aromatic N) is 1. The van der Waals surface area contributed by atoms with Crippen LogP contribution in [-0.2, 0) is 16.4 Å². The number of nitrogens with one attached hydrogen (secondary N) is 1. The molecule has 0 aliphatic carbocycles. The van der Waals surface area contributed by atoms with Crippen molar-refractivity contribution in [1.82, 2.24) is 10.2 Å². The molecule has 20 heavy (non-hydrogen) atoms. The molecule has 2 amide bonds. The Labute approximate surface area is 119 Å². The van der Waals surface area contributed by atoms with E-state index in [1.807, 2.05) is 13.0 Å². The molecular weight excluding hydrogens is 280 g/mol. The Morgan fingerprint density at radius 1 is 1.55 bits per heavy atom. The third-order valence-electron chi connectivity index (χ3n) is 3.46. The molecule has 1 aromatic heterocycles. The summed E-state index contributed by atoms with van der Waals surface area (Å²) in [6, 6.07) is 3.41. The van der Waals surface area contributed by atoms with Gasteiger partial charge in [0.25, 0.3) is 0 Å². The molecule has 0 aromatic carbocycles. The molecule has 1 aliphatic rings. The molecule has 1 atom stereocenters. The third kappa shape index (κ3) is 4.00. The van der Waals surface area contributed by atoms with Gasteiger partial charge < -0.3 is 14.6 Å². The SMILES string of the molecule is CCN(Cc1ccco1)C(=O)NC[C@@H]1CCS(=O)(=O)C1. The average Bonchev–Trinajstić information content (AvgIpc) is 3.02. The summed E-state index contributed by atoms with van der Waals surface area (Å²) in [6.07, 6.45) is 2.21. The van der Waals surface area contributed by atoms with E-state index in [1.165, 1.54) is 0 Å². The van der Waals surface area contributed by atoms with Crippen LogP contribution >= 0.6 is 0 Å². The zero-order valence-electron chi connectivity index (χ0n) is 11.5. The molecule has 1 fully saturated rings. The lowest BCUT2D eigenvalue weighted by molar-refractivity contribution is 0.192. The van der Waals surface area contributed by atoms with Crippen molar-refractivity contribution >= 4 is 15.9 Å². The van der Waals surface area contributed by atoms with Crippen molar-refractivity contribution in [2.24, 2.45) is 5.92 Å². The van der Waals surface area contributed by atoms with E-state index in [1.54, 1.807) is 17.2 Å². The third-order valence-corrected chi connectivity index (χ3v) is 5.30. The lowest BCUT2D eigenvalue weighted by atomic mass is 10.1. The van der Waals surface area contributed by atoms with Crippen molar-refractivity contribution in [2.75, 3.05) is 24.6 Å². The highest BCUT2D eigenvalue weighted by molar-refractivity contribution is 7.91. The van der Waals surface area contributed by atoms with Gasteiger partial charge in [-0.25, -0.2) is 13.2 Å². The number of amides is 2. The van der Waals surface area contributed by atoms with Crippen LogP contribution in [0.15, 0.2) is 22.8 Å². The van der Waals surface area contributed by atoms with Crippen LogP contribution in [0.25, 0.3) is 0 Å². The molecule has 112 valence electrons. The van der Waals surface area contributed by atoms with E-state index < -0.39 is 9.84 Å². The summed E-state index contributed by atoms with van der Waals surface area (Å²) in [4.78, 5) is 13.7. The first-order valence-electron chi connectivity index (χ1n) is 6.75. The fourth-order valence-electron chi connectivity index (χ4n) is 2.29. The summed E-state index contributed by atoms with van der Waals surface area (Å²) in [5.41, 5.74) is 0. The fourth-order valence-corrected chi connectivity index (χ4v) is 4.16. The number of furan rings is 1. The highest BCUT2D eigenvalue weighted by atomic mass is 32.2. The van der Waals surface area contributed by atoms with Gasteiger partial charge in [0.05, 0.1) is 24.3 Å². The lowest BCUT2D eigenvalue weighted by Gasteiger charge is -2.21. The Morgan fingerprint density at radius 3 is 2.90 bits per heavy atom. The minimum absolute atomic E-state index is 0.0336. The Kier molecular flexibility index (Phi) is 4.69. The van der Waals surface area contributed by atoms with E-state index in [0.717, 1.165) is 5.76 Å². The summed E-state index contributed by atoms with van der Waals surface area (Å²) in [6.45, 7) is 3.28. The van der Waals surface area contributed by atoms with Crippen LogP contribution in [-0.4, -0.2) is 43.9 Å². The van der Waals surface area contributed by atoms with Gasteiger partial charge in [-0.15, -0.1) is 0 Å². The van der Waals surface area contributed by atoms with Crippen LogP contribution in [0.2, 0.25) is 0 Å². The molecule has 0 spiro atoms. The van der Waals surface area contributed by atoms with Gasteiger partial charge in [-0.2, -0.15) is 0 Å². The molecule has 0 saturated carbocycles. The van der Waals surface area contributed by atoms with E-state index >= 15 is 0 Å². The minimum atomic E-state index is -2.89. The van der Waals surface area contributed by atoms with Crippen LogP contribution in [0, 0.1) is 5.92 Å². The number of sulfone groups is 1. The van der Waals surface area contributed by atoms with Gasteiger partial charge in [-0.3, -0.25) is 0 Å². The van der Waals surface area contributed by atoms with E-state index in [4.69, 9.17) is 4.42 Å². The van der Waals surface area contributed by atoms with Gasteiger partial charge in [0.1, 0.15) is 5.76 Å². The summed E-state index contributed by atoms with van der Waals surface area (Å²) < 4.78 is 27.9. The van der Waals surface area contributed by atoms with Crippen molar-refractivity contribution in [1.29, 1.82) is 0 Å². The second kappa shape index (κ2) is 6.30. The molecule has 6 nitrogen and oxygen atoms in total. The monoisotopic (exact) mass is 300 g/mol. The Bertz CT molecular complexity index is 539. The van der Waals surface area contributed by atoms with Gasteiger partial charge in [0.15, 0.2) is 9.84 Å².